The third kappa shape index (κ3) is 5.90. The van der Waals surface area contributed by atoms with Gasteiger partial charge in [0.05, 0.1) is 12.0 Å². The van der Waals surface area contributed by atoms with E-state index < -0.39 is 35.9 Å². The summed E-state index contributed by atoms with van der Waals surface area (Å²) in [5.41, 5.74) is -0.553. The number of halogens is 6. The van der Waals surface area contributed by atoms with E-state index in [9.17, 15) is 31.1 Å². The number of hydrogen-bond donors (Lipinski definition) is 2. The van der Waals surface area contributed by atoms with Crippen molar-refractivity contribution in [1.82, 2.24) is 5.32 Å². The average molecular weight is 546 g/mol. The van der Waals surface area contributed by atoms with Crippen LogP contribution in [0, 0.1) is 17.3 Å². The molecule has 2 fully saturated rings. The van der Waals surface area contributed by atoms with Crippen molar-refractivity contribution in [2.75, 3.05) is 0 Å². The molecule has 0 heterocycles. The molecule has 1 unspecified atom stereocenters. The summed E-state index contributed by atoms with van der Waals surface area (Å²) in [6, 6.07) is 7.38. The zero-order valence-corrected chi connectivity index (χ0v) is 21.5. The Hall–Kier alpha value is -2.49. The number of aliphatic carboxylic acids is 1. The fourth-order valence-corrected chi connectivity index (χ4v) is 5.92. The monoisotopic (exact) mass is 545 g/mol. The van der Waals surface area contributed by atoms with E-state index in [0.717, 1.165) is 0 Å². The number of ether oxygens (including phenoxy) is 1. The molecule has 2 N–H and O–H groups in total. The van der Waals surface area contributed by atoms with Gasteiger partial charge in [-0.1, -0.05) is 32.0 Å². The van der Waals surface area contributed by atoms with Crippen LogP contribution in [0.2, 0.25) is 0 Å². The first-order valence-corrected chi connectivity index (χ1v) is 12.9. The summed E-state index contributed by atoms with van der Waals surface area (Å²) in [5.74, 6) is -2.65. The van der Waals surface area contributed by atoms with Gasteiger partial charge in [-0.25, -0.2) is 0 Å². The van der Waals surface area contributed by atoms with Crippen molar-refractivity contribution in [2.24, 2.45) is 17.3 Å². The van der Waals surface area contributed by atoms with Crippen molar-refractivity contribution < 1.29 is 41.0 Å². The first-order valence-electron chi connectivity index (χ1n) is 12.9. The quantitative estimate of drug-likeness (QED) is 0.347. The second-order valence-electron chi connectivity index (χ2n) is 11.3. The van der Waals surface area contributed by atoms with Crippen LogP contribution in [0.4, 0.5) is 26.3 Å². The molecule has 0 amide bonds. The van der Waals surface area contributed by atoms with Crippen LogP contribution >= 0.6 is 0 Å². The molecule has 2 aromatic rings. The number of carbonyl (C=O) groups is 1. The maximum absolute atomic E-state index is 14.3. The molecule has 0 bridgehead atoms. The largest absolute Gasteiger partial charge is 0.490 e. The van der Waals surface area contributed by atoms with Crippen LogP contribution in [-0.2, 0) is 11.0 Å². The standard InChI is InChI=1S/C28H33F6NO3/c1-15(35-23-13-19(14-24(36)37)26(23,2)3)17-5-4-16-6-11-22(25(21(16)12-17)28(32,33)34)38-20-9-7-18(8-10-20)27(29,30)31/h4-6,11-12,15,18-20,23,35H,7-10,13-14H2,1-3H3,(H,36,37)/t15?,18?,19-,20?,23-/m0/s1. The van der Waals surface area contributed by atoms with Gasteiger partial charge in [-0.15, -0.1) is 0 Å². The molecule has 3 atom stereocenters. The molecule has 0 radical (unpaired) electrons. The summed E-state index contributed by atoms with van der Waals surface area (Å²) in [4.78, 5) is 11.1. The lowest BCUT2D eigenvalue weighted by Gasteiger charge is -2.53. The van der Waals surface area contributed by atoms with Gasteiger partial charge in [0, 0.05) is 18.5 Å². The predicted molar refractivity (Wildman–Crippen MR) is 131 cm³/mol. The van der Waals surface area contributed by atoms with E-state index in [4.69, 9.17) is 9.84 Å². The molecule has 2 aliphatic rings. The van der Waals surface area contributed by atoms with Crippen LogP contribution in [0.15, 0.2) is 30.3 Å². The molecule has 2 saturated carbocycles. The van der Waals surface area contributed by atoms with Gasteiger partial charge in [-0.3, -0.25) is 4.79 Å². The number of carboxylic acid groups (broad SMARTS) is 1. The fraction of sp³-hybridized carbons (Fsp3) is 0.607. The van der Waals surface area contributed by atoms with Crippen LogP contribution in [0.1, 0.15) is 76.5 Å². The summed E-state index contributed by atoms with van der Waals surface area (Å²) < 4.78 is 87.6. The van der Waals surface area contributed by atoms with Crippen molar-refractivity contribution in [3.63, 3.8) is 0 Å². The Kier molecular flexibility index (Phi) is 7.69. The molecule has 0 aromatic heterocycles. The first-order chi connectivity index (χ1) is 17.6. The number of benzene rings is 2. The van der Waals surface area contributed by atoms with Crippen molar-refractivity contribution >= 4 is 16.7 Å². The Balaban J connectivity index is 1.56. The molecule has 2 aromatic carbocycles. The number of fused-ring (bicyclic) bond motifs is 1. The van der Waals surface area contributed by atoms with Crippen molar-refractivity contribution in [3.8, 4) is 5.75 Å². The molecule has 2 aliphatic carbocycles. The molecule has 4 nitrogen and oxygen atoms in total. The van der Waals surface area contributed by atoms with Crippen LogP contribution in [0.25, 0.3) is 10.8 Å². The highest BCUT2D eigenvalue weighted by molar-refractivity contribution is 5.89. The van der Waals surface area contributed by atoms with Crippen LogP contribution < -0.4 is 10.1 Å². The molecule has 10 heteroatoms. The van der Waals surface area contributed by atoms with Gasteiger partial charge in [0.25, 0.3) is 0 Å². The first kappa shape index (κ1) is 28.5. The van der Waals surface area contributed by atoms with Crippen LogP contribution in [0.3, 0.4) is 0 Å². The van der Waals surface area contributed by atoms with Gasteiger partial charge in [0.2, 0.25) is 0 Å². The third-order valence-corrected chi connectivity index (χ3v) is 8.56. The van der Waals surface area contributed by atoms with Gasteiger partial charge in [0.1, 0.15) is 11.3 Å². The van der Waals surface area contributed by atoms with Crippen molar-refractivity contribution in [1.29, 1.82) is 0 Å². The molecular formula is C28H33F6NO3. The number of hydrogen-bond acceptors (Lipinski definition) is 3. The highest BCUT2D eigenvalue weighted by atomic mass is 19.4. The topological polar surface area (TPSA) is 58.6 Å². The number of alkyl halides is 6. The number of nitrogens with one attached hydrogen (secondary N) is 1. The Labute approximate surface area is 217 Å². The summed E-state index contributed by atoms with van der Waals surface area (Å²) in [6.45, 7) is 5.83. The van der Waals surface area contributed by atoms with Crippen molar-refractivity contribution in [3.05, 3.63) is 41.5 Å². The normalized spacial score (nSPS) is 26.6. The molecule has 0 saturated heterocycles. The Bertz CT molecular complexity index is 1170. The highest BCUT2D eigenvalue weighted by Gasteiger charge is 2.49. The van der Waals surface area contributed by atoms with Gasteiger partial charge in [0.15, 0.2) is 0 Å². The summed E-state index contributed by atoms with van der Waals surface area (Å²) in [6.07, 6.45) is -9.25. The lowest BCUT2D eigenvalue weighted by molar-refractivity contribution is -0.185. The maximum Gasteiger partial charge on any atom is 0.420 e. The SMILES string of the molecule is CC(N[C@H]1C[C@@H](CC(=O)O)C1(C)C)c1ccc2ccc(OC3CCC(C(F)(F)F)CC3)c(C(F)(F)F)c2c1. The van der Waals surface area contributed by atoms with Crippen molar-refractivity contribution in [2.45, 2.75) is 89.8 Å². The van der Waals surface area contributed by atoms with Gasteiger partial charge in [-0.2, -0.15) is 26.3 Å². The summed E-state index contributed by atoms with van der Waals surface area (Å²) >= 11 is 0. The van der Waals surface area contributed by atoms with E-state index in [0.29, 0.717) is 17.4 Å². The van der Waals surface area contributed by atoms with Gasteiger partial charge >= 0.3 is 18.3 Å². The zero-order chi connectivity index (χ0) is 28.0. The number of carboxylic acids is 1. The molecule has 38 heavy (non-hydrogen) atoms. The molecule has 0 spiro atoms. The smallest absolute Gasteiger partial charge is 0.420 e. The molecule has 210 valence electrons. The summed E-state index contributed by atoms with van der Waals surface area (Å²) in [5, 5.41) is 12.9. The minimum Gasteiger partial charge on any atom is -0.490 e. The van der Waals surface area contributed by atoms with Crippen LogP contribution in [-0.4, -0.2) is 29.4 Å². The van der Waals surface area contributed by atoms with E-state index in [1.54, 1.807) is 12.1 Å². The van der Waals surface area contributed by atoms with Gasteiger partial charge in [-0.05, 0) is 78.8 Å². The lowest BCUT2D eigenvalue weighted by atomic mass is 9.57. The third-order valence-electron chi connectivity index (χ3n) is 8.56. The molecule has 0 aliphatic heterocycles. The molecule has 4 rings (SSSR count). The minimum absolute atomic E-state index is 0.0149. The Morgan fingerprint density at radius 1 is 1.08 bits per heavy atom. The van der Waals surface area contributed by atoms with E-state index in [1.807, 2.05) is 20.8 Å². The zero-order valence-electron chi connectivity index (χ0n) is 21.5. The van der Waals surface area contributed by atoms with E-state index in [1.165, 1.54) is 18.2 Å². The second-order valence-corrected chi connectivity index (χ2v) is 11.3. The van der Waals surface area contributed by atoms with Crippen LogP contribution in [0.5, 0.6) is 5.75 Å². The van der Waals surface area contributed by atoms with E-state index in [2.05, 4.69) is 5.32 Å². The van der Waals surface area contributed by atoms with E-state index in [-0.39, 0.29) is 66.7 Å². The Morgan fingerprint density at radius 3 is 2.26 bits per heavy atom. The minimum atomic E-state index is -4.73. The highest BCUT2D eigenvalue weighted by Crippen LogP contribution is 2.49. The second kappa shape index (κ2) is 10.2. The maximum atomic E-state index is 14.3. The lowest BCUT2D eigenvalue weighted by Crippen LogP contribution is -2.57. The average Bonchev–Trinajstić information content (AvgIpc) is 2.81. The number of rotatable bonds is 7. The summed E-state index contributed by atoms with van der Waals surface area (Å²) in [7, 11) is 0. The van der Waals surface area contributed by atoms with Gasteiger partial charge < -0.3 is 15.2 Å². The molecular weight excluding hydrogens is 512 g/mol. The van der Waals surface area contributed by atoms with E-state index >= 15 is 0 Å². The predicted octanol–water partition coefficient (Wildman–Crippen LogP) is 7.90. The fourth-order valence-electron chi connectivity index (χ4n) is 5.92. The Morgan fingerprint density at radius 2 is 1.71 bits per heavy atom.